The highest BCUT2D eigenvalue weighted by molar-refractivity contribution is 7.17. The molecule has 180 valence electrons. The van der Waals surface area contributed by atoms with E-state index in [0.717, 1.165) is 24.0 Å². The SMILES string of the molecule is CCNC(=O)NC1(C2CNCCC2(C)C(=O)O)N=CC=CN1c1cc(C2CC2)c2scnc2c1. The normalized spacial score (nSPS) is 28.8. The highest BCUT2D eigenvalue weighted by Crippen LogP contribution is 2.48. The highest BCUT2D eigenvalue weighted by atomic mass is 32.1. The molecule has 3 unspecified atom stereocenters. The van der Waals surface area contributed by atoms with Gasteiger partial charge in [0, 0.05) is 31.2 Å². The second-order valence-corrected chi connectivity index (χ2v) is 10.3. The van der Waals surface area contributed by atoms with E-state index in [-0.39, 0.29) is 0 Å². The van der Waals surface area contributed by atoms with E-state index in [1.54, 1.807) is 24.5 Å². The minimum atomic E-state index is -1.33. The van der Waals surface area contributed by atoms with Crippen LogP contribution in [0.1, 0.15) is 44.6 Å². The van der Waals surface area contributed by atoms with E-state index in [9.17, 15) is 14.7 Å². The maximum absolute atomic E-state index is 12.9. The number of amides is 2. The van der Waals surface area contributed by atoms with Gasteiger partial charge in [-0.3, -0.25) is 10.1 Å². The molecule has 3 aliphatic rings. The second kappa shape index (κ2) is 8.66. The van der Waals surface area contributed by atoms with Gasteiger partial charge < -0.3 is 20.6 Å². The number of rotatable bonds is 6. The molecule has 10 heteroatoms. The number of urea groups is 1. The number of carboxylic acid groups (broad SMARTS) is 1. The smallest absolute Gasteiger partial charge is 0.318 e. The maximum atomic E-state index is 12.9. The summed E-state index contributed by atoms with van der Waals surface area (Å²) in [5.74, 6) is -2.27. The summed E-state index contributed by atoms with van der Waals surface area (Å²) < 4.78 is 1.19. The predicted molar refractivity (Wildman–Crippen MR) is 133 cm³/mol. The molecule has 0 bridgehead atoms. The molecule has 1 aromatic carbocycles. The maximum Gasteiger partial charge on any atom is 0.318 e. The Labute approximate surface area is 202 Å². The van der Waals surface area contributed by atoms with Gasteiger partial charge in [0.15, 0.2) is 0 Å². The fraction of sp³-hybridized carbons (Fsp3) is 0.500. The van der Waals surface area contributed by atoms with Gasteiger partial charge in [-0.15, -0.1) is 11.3 Å². The summed E-state index contributed by atoms with van der Waals surface area (Å²) in [7, 11) is 0. The first kappa shape index (κ1) is 22.8. The fourth-order valence-corrected chi connectivity index (χ4v) is 6.07. The van der Waals surface area contributed by atoms with Crippen molar-refractivity contribution >= 4 is 45.5 Å². The molecule has 1 aliphatic carbocycles. The number of aliphatic carboxylic acids is 1. The Bertz CT molecular complexity index is 1170. The molecule has 0 radical (unpaired) electrons. The van der Waals surface area contributed by atoms with Gasteiger partial charge in [0.1, 0.15) is 0 Å². The number of nitrogens with one attached hydrogen (secondary N) is 3. The molecule has 2 amide bonds. The second-order valence-electron chi connectivity index (χ2n) is 9.44. The molecule has 1 saturated heterocycles. The predicted octanol–water partition coefficient (Wildman–Crippen LogP) is 3.25. The number of carbonyl (C=O) groups excluding carboxylic acids is 1. The molecule has 3 heterocycles. The van der Waals surface area contributed by atoms with Crippen LogP contribution in [0.25, 0.3) is 10.2 Å². The van der Waals surface area contributed by atoms with Crippen molar-refractivity contribution in [3.05, 3.63) is 35.5 Å². The van der Waals surface area contributed by atoms with Gasteiger partial charge in [-0.1, -0.05) is 0 Å². The number of piperidine rings is 1. The van der Waals surface area contributed by atoms with Gasteiger partial charge in [0.05, 0.1) is 27.1 Å². The molecule has 4 N–H and O–H groups in total. The number of aromatic nitrogens is 1. The Hall–Kier alpha value is -2.98. The van der Waals surface area contributed by atoms with E-state index >= 15 is 0 Å². The van der Waals surface area contributed by atoms with Crippen LogP contribution in [0.5, 0.6) is 0 Å². The van der Waals surface area contributed by atoms with Crippen LogP contribution in [0.4, 0.5) is 10.5 Å². The third-order valence-corrected chi connectivity index (χ3v) is 8.14. The average molecular weight is 483 g/mol. The van der Waals surface area contributed by atoms with Crippen molar-refractivity contribution in [2.45, 2.75) is 44.8 Å². The first-order valence-electron chi connectivity index (χ1n) is 11.8. The number of carboxylic acids is 1. The zero-order valence-electron chi connectivity index (χ0n) is 19.4. The van der Waals surface area contributed by atoms with Crippen molar-refractivity contribution in [1.29, 1.82) is 0 Å². The van der Waals surface area contributed by atoms with Crippen molar-refractivity contribution in [2.75, 3.05) is 24.5 Å². The Morgan fingerprint density at radius 3 is 2.91 bits per heavy atom. The molecule has 1 aromatic heterocycles. The van der Waals surface area contributed by atoms with Gasteiger partial charge in [0.25, 0.3) is 0 Å². The van der Waals surface area contributed by atoms with E-state index < -0.39 is 29.1 Å². The van der Waals surface area contributed by atoms with Crippen LogP contribution in [-0.2, 0) is 4.79 Å². The van der Waals surface area contributed by atoms with Gasteiger partial charge in [0.2, 0.25) is 5.79 Å². The Morgan fingerprint density at radius 2 is 2.18 bits per heavy atom. The Kier molecular flexibility index (Phi) is 5.81. The minimum Gasteiger partial charge on any atom is -0.481 e. The van der Waals surface area contributed by atoms with E-state index in [4.69, 9.17) is 4.99 Å². The van der Waals surface area contributed by atoms with Crippen molar-refractivity contribution in [3.63, 3.8) is 0 Å². The first-order valence-corrected chi connectivity index (χ1v) is 12.7. The van der Waals surface area contributed by atoms with Crippen molar-refractivity contribution in [1.82, 2.24) is 20.9 Å². The zero-order chi connectivity index (χ0) is 23.9. The van der Waals surface area contributed by atoms with Gasteiger partial charge in [-0.25, -0.2) is 14.8 Å². The number of carbonyl (C=O) groups is 2. The van der Waals surface area contributed by atoms with Crippen LogP contribution in [0.2, 0.25) is 0 Å². The molecule has 2 fully saturated rings. The minimum absolute atomic E-state index is 0.393. The largest absolute Gasteiger partial charge is 0.481 e. The van der Waals surface area contributed by atoms with Crippen LogP contribution in [-0.4, -0.2) is 53.7 Å². The number of nitrogens with zero attached hydrogens (tertiary/aromatic N) is 3. The molecule has 1 saturated carbocycles. The number of hydrogen-bond donors (Lipinski definition) is 4. The van der Waals surface area contributed by atoms with Crippen LogP contribution >= 0.6 is 11.3 Å². The first-order chi connectivity index (χ1) is 16.4. The summed E-state index contributed by atoms with van der Waals surface area (Å²) in [6.07, 6.45) is 8.06. The fourth-order valence-electron chi connectivity index (χ4n) is 5.20. The van der Waals surface area contributed by atoms with E-state index in [0.29, 0.717) is 32.0 Å². The van der Waals surface area contributed by atoms with Gasteiger partial charge in [-0.2, -0.15) is 0 Å². The molecule has 0 spiro atoms. The lowest BCUT2D eigenvalue weighted by Crippen LogP contribution is -2.71. The van der Waals surface area contributed by atoms with E-state index in [1.165, 1.54) is 10.3 Å². The summed E-state index contributed by atoms with van der Waals surface area (Å²) in [5.41, 5.74) is 3.76. The van der Waals surface area contributed by atoms with Crippen LogP contribution in [0.3, 0.4) is 0 Å². The lowest BCUT2D eigenvalue weighted by atomic mass is 9.68. The topological polar surface area (TPSA) is 119 Å². The van der Waals surface area contributed by atoms with Crippen molar-refractivity contribution in [2.24, 2.45) is 16.3 Å². The molecular formula is C24H30N6O3S. The molecule has 3 atom stereocenters. The highest BCUT2D eigenvalue weighted by Gasteiger charge is 2.57. The molecular weight excluding hydrogens is 452 g/mol. The lowest BCUT2D eigenvalue weighted by Gasteiger charge is -2.52. The molecule has 34 heavy (non-hydrogen) atoms. The van der Waals surface area contributed by atoms with E-state index in [1.807, 2.05) is 35.7 Å². The van der Waals surface area contributed by atoms with Crippen LogP contribution in [0, 0.1) is 11.3 Å². The number of fused-ring (bicyclic) bond motifs is 1. The zero-order valence-corrected chi connectivity index (χ0v) is 20.2. The molecule has 5 rings (SSSR count). The third-order valence-electron chi connectivity index (χ3n) is 7.25. The summed E-state index contributed by atoms with van der Waals surface area (Å²) in [6, 6.07) is 3.77. The molecule has 9 nitrogen and oxygen atoms in total. The van der Waals surface area contributed by atoms with Crippen molar-refractivity contribution < 1.29 is 14.7 Å². The summed E-state index contributed by atoms with van der Waals surface area (Å²) in [4.78, 5) is 36.8. The molecule has 2 aliphatic heterocycles. The standard InChI is InChI=1S/C24H30N6O3S/c1-3-26-22(33)29-24(19-13-25-9-7-23(19,2)21(31)32)28-8-4-10-30(24)16-11-17(15-5-6-15)20-18(12-16)27-14-34-20/h4,8,10-12,14-15,19,25H,3,5-7,9,13H2,1-2H3,(H,31,32)(H2,26,29,33). The van der Waals surface area contributed by atoms with Crippen LogP contribution in [0.15, 0.2) is 34.9 Å². The number of allylic oxidation sites excluding steroid dienone is 1. The van der Waals surface area contributed by atoms with Crippen molar-refractivity contribution in [3.8, 4) is 0 Å². The number of thiazole rings is 1. The lowest BCUT2D eigenvalue weighted by molar-refractivity contribution is -0.155. The molecule has 2 aromatic rings. The Morgan fingerprint density at radius 1 is 1.35 bits per heavy atom. The third kappa shape index (κ3) is 3.74. The summed E-state index contributed by atoms with van der Waals surface area (Å²) in [6.45, 7) is 5.03. The summed E-state index contributed by atoms with van der Waals surface area (Å²) >= 11 is 1.64. The number of benzene rings is 1. The summed E-state index contributed by atoms with van der Waals surface area (Å²) in [5, 5.41) is 19.5. The number of aliphatic imine (C=N–C) groups is 1. The Balaban J connectivity index is 1.68. The quantitative estimate of drug-likeness (QED) is 0.502. The van der Waals surface area contributed by atoms with Crippen LogP contribution < -0.4 is 20.9 Å². The van der Waals surface area contributed by atoms with Gasteiger partial charge in [-0.05, 0) is 69.3 Å². The number of anilines is 1. The van der Waals surface area contributed by atoms with Gasteiger partial charge >= 0.3 is 12.0 Å². The monoisotopic (exact) mass is 482 g/mol. The average Bonchev–Trinajstić information content (AvgIpc) is 3.55. The number of hydrogen-bond acceptors (Lipinski definition) is 7. The van der Waals surface area contributed by atoms with E-state index in [2.05, 4.69) is 27.0 Å².